The fourth-order valence-corrected chi connectivity index (χ4v) is 3.63. The minimum atomic E-state index is 0. The van der Waals surface area contributed by atoms with Crippen molar-refractivity contribution in [2.75, 3.05) is 46.5 Å². The van der Waals surface area contributed by atoms with E-state index in [1.807, 2.05) is 7.05 Å². The standard InChI is InChI=1S/C22H33N3O2.HI/c1-23-22(24-12-6-15-26-18-21-9-5-16-27-21)25-13-10-20(11-14-25)17-19-7-3-2-4-8-19;/h2-4,7-8,17,21H,5-6,9-16,18H2,1H3,(H,23,24);1H. The van der Waals surface area contributed by atoms with Gasteiger partial charge in [-0.25, -0.2) is 0 Å². The number of halogens is 1. The van der Waals surface area contributed by atoms with Crippen molar-refractivity contribution in [2.45, 2.75) is 38.2 Å². The summed E-state index contributed by atoms with van der Waals surface area (Å²) in [5.41, 5.74) is 2.82. The minimum Gasteiger partial charge on any atom is -0.379 e. The Kier molecular flexibility index (Phi) is 10.9. The summed E-state index contributed by atoms with van der Waals surface area (Å²) in [6.45, 7) is 5.33. The van der Waals surface area contributed by atoms with E-state index in [4.69, 9.17) is 9.47 Å². The van der Waals surface area contributed by atoms with Crippen LogP contribution >= 0.6 is 24.0 Å². The first-order chi connectivity index (χ1) is 13.3. The van der Waals surface area contributed by atoms with E-state index in [0.717, 1.165) is 71.1 Å². The summed E-state index contributed by atoms with van der Waals surface area (Å²) < 4.78 is 11.3. The lowest BCUT2D eigenvalue weighted by molar-refractivity contribution is 0.0168. The fourth-order valence-electron chi connectivity index (χ4n) is 3.63. The summed E-state index contributed by atoms with van der Waals surface area (Å²) in [6.07, 6.45) is 8.14. The van der Waals surface area contributed by atoms with Crippen molar-refractivity contribution in [3.8, 4) is 0 Å². The molecule has 5 nitrogen and oxygen atoms in total. The maximum absolute atomic E-state index is 5.72. The van der Waals surface area contributed by atoms with Crippen LogP contribution in [0.5, 0.6) is 0 Å². The number of nitrogens with one attached hydrogen (secondary N) is 1. The van der Waals surface area contributed by atoms with Crippen LogP contribution in [-0.4, -0.2) is 63.5 Å². The maximum Gasteiger partial charge on any atom is 0.193 e. The molecule has 0 bridgehead atoms. The first kappa shape index (κ1) is 23.2. The Morgan fingerprint density at radius 3 is 2.75 bits per heavy atom. The molecular formula is C22H34IN3O2. The second-order valence-corrected chi connectivity index (χ2v) is 7.24. The number of hydrogen-bond donors (Lipinski definition) is 1. The molecule has 3 rings (SSSR count). The molecule has 0 spiro atoms. The molecule has 1 aromatic rings. The summed E-state index contributed by atoms with van der Waals surface area (Å²) in [6, 6.07) is 10.6. The summed E-state index contributed by atoms with van der Waals surface area (Å²) in [5, 5.41) is 3.48. The smallest absolute Gasteiger partial charge is 0.193 e. The van der Waals surface area contributed by atoms with Crippen molar-refractivity contribution in [1.82, 2.24) is 10.2 Å². The Labute approximate surface area is 186 Å². The van der Waals surface area contributed by atoms with Crippen LogP contribution < -0.4 is 5.32 Å². The SMILES string of the molecule is CN=C(NCCCOCC1CCCO1)N1CCC(=Cc2ccccc2)CC1.I. The van der Waals surface area contributed by atoms with Crippen molar-refractivity contribution in [3.05, 3.63) is 41.5 Å². The molecule has 0 aliphatic carbocycles. The molecule has 1 aromatic carbocycles. The number of aliphatic imine (C=N–C) groups is 1. The largest absolute Gasteiger partial charge is 0.379 e. The lowest BCUT2D eigenvalue weighted by Gasteiger charge is -2.31. The molecule has 2 aliphatic rings. The van der Waals surface area contributed by atoms with Crippen molar-refractivity contribution in [3.63, 3.8) is 0 Å². The number of hydrogen-bond acceptors (Lipinski definition) is 3. The molecule has 2 aliphatic heterocycles. The normalized spacial score (nSPS) is 20.0. The van der Waals surface area contributed by atoms with Crippen molar-refractivity contribution in [2.24, 2.45) is 4.99 Å². The lowest BCUT2D eigenvalue weighted by Crippen LogP contribution is -2.44. The van der Waals surface area contributed by atoms with E-state index in [0.29, 0.717) is 6.10 Å². The molecule has 156 valence electrons. The van der Waals surface area contributed by atoms with Gasteiger partial charge >= 0.3 is 0 Å². The Bertz CT molecular complexity index is 605. The molecule has 0 saturated carbocycles. The number of benzene rings is 1. The van der Waals surface area contributed by atoms with Crippen LogP contribution in [0.25, 0.3) is 6.08 Å². The summed E-state index contributed by atoms with van der Waals surface area (Å²) in [4.78, 5) is 6.81. The van der Waals surface area contributed by atoms with Crippen molar-refractivity contribution >= 4 is 36.0 Å². The van der Waals surface area contributed by atoms with Gasteiger partial charge in [0.05, 0.1) is 12.7 Å². The number of rotatable bonds is 7. The van der Waals surface area contributed by atoms with Gasteiger partial charge in [-0.1, -0.05) is 42.0 Å². The molecule has 1 unspecified atom stereocenters. The first-order valence-electron chi connectivity index (χ1n) is 10.2. The number of nitrogens with zero attached hydrogens (tertiary/aromatic N) is 2. The van der Waals surface area contributed by atoms with E-state index in [1.165, 1.54) is 17.6 Å². The zero-order chi connectivity index (χ0) is 18.7. The van der Waals surface area contributed by atoms with Gasteiger partial charge in [0.2, 0.25) is 0 Å². The maximum atomic E-state index is 5.72. The number of piperidine rings is 1. The van der Waals surface area contributed by atoms with Crippen LogP contribution in [0.3, 0.4) is 0 Å². The topological polar surface area (TPSA) is 46.1 Å². The third-order valence-corrected chi connectivity index (χ3v) is 5.16. The van der Waals surface area contributed by atoms with Crippen LogP contribution in [0.15, 0.2) is 40.9 Å². The van der Waals surface area contributed by atoms with Gasteiger partial charge in [0.1, 0.15) is 0 Å². The Hall–Kier alpha value is -1.12. The van der Waals surface area contributed by atoms with Gasteiger partial charge in [-0.15, -0.1) is 24.0 Å². The molecule has 2 heterocycles. The Morgan fingerprint density at radius 1 is 1.29 bits per heavy atom. The fraction of sp³-hybridized carbons (Fsp3) is 0.591. The summed E-state index contributed by atoms with van der Waals surface area (Å²) in [7, 11) is 1.87. The number of ether oxygens (including phenoxy) is 2. The number of guanidine groups is 1. The Balaban J connectivity index is 0.00000280. The van der Waals surface area contributed by atoms with Gasteiger partial charge in [-0.3, -0.25) is 4.99 Å². The van der Waals surface area contributed by atoms with Gasteiger partial charge in [0.15, 0.2) is 5.96 Å². The molecule has 0 aromatic heterocycles. The molecule has 28 heavy (non-hydrogen) atoms. The monoisotopic (exact) mass is 499 g/mol. The second kappa shape index (κ2) is 13.2. The van der Waals surface area contributed by atoms with Gasteiger partial charge in [-0.2, -0.15) is 0 Å². The van der Waals surface area contributed by atoms with E-state index in [1.54, 1.807) is 0 Å². The molecule has 0 amide bonds. The molecule has 2 fully saturated rings. The highest BCUT2D eigenvalue weighted by molar-refractivity contribution is 14.0. The summed E-state index contributed by atoms with van der Waals surface area (Å²) >= 11 is 0. The van der Waals surface area contributed by atoms with E-state index in [-0.39, 0.29) is 24.0 Å². The van der Waals surface area contributed by atoms with Gasteiger partial charge in [0.25, 0.3) is 0 Å². The van der Waals surface area contributed by atoms with Crippen LogP contribution in [0.4, 0.5) is 0 Å². The van der Waals surface area contributed by atoms with Gasteiger partial charge in [0, 0.05) is 39.9 Å². The molecule has 6 heteroatoms. The number of likely N-dealkylation sites (tertiary alicyclic amines) is 1. The third kappa shape index (κ3) is 7.72. The van der Waals surface area contributed by atoms with E-state index >= 15 is 0 Å². The van der Waals surface area contributed by atoms with E-state index in [9.17, 15) is 0 Å². The lowest BCUT2D eigenvalue weighted by atomic mass is 10.0. The first-order valence-corrected chi connectivity index (χ1v) is 10.2. The predicted octanol–water partition coefficient (Wildman–Crippen LogP) is 3.94. The van der Waals surface area contributed by atoms with E-state index in [2.05, 4.69) is 51.6 Å². The van der Waals surface area contributed by atoms with Gasteiger partial charge < -0.3 is 19.7 Å². The second-order valence-electron chi connectivity index (χ2n) is 7.24. The quantitative estimate of drug-likeness (QED) is 0.267. The van der Waals surface area contributed by atoms with E-state index < -0.39 is 0 Å². The van der Waals surface area contributed by atoms with Crippen LogP contribution in [-0.2, 0) is 9.47 Å². The zero-order valence-corrected chi connectivity index (χ0v) is 19.3. The molecule has 2 saturated heterocycles. The highest BCUT2D eigenvalue weighted by Crippen LogP contribution is 2.19. The highest BCUT2D eigenvalue weighted by atomic mass is 127. The van der Waals surface area contributed by atoms with Crippen molar-refractivity contribution < 1.29 is 9.47 Å². The molecule has 1 N–H and O–H groups in total. The average Bonchev–Trinajstić information content (AvgIpc) is 3.23. The zero-order valence-electron chi connectivity index (χ0n) is 16.9. The highest BCUT2D eigenvalue weighted by Gasteiger charge is 2.17. The van der Waals surface area contributed by atoms with Crippen LogP contribution in [0.2, 0.25) is 0 Å². The average molecular weight is 499 g/mol. The Morgan fingerprint density at radius 2 is 2.07 bits per heavy atom. The molecule has 0 radical (unpaired) electrons. The molecule has 1 atom stereocenters. The molecular weight excluding hydrogens is 465 g/mol. The van der Waals surface area contributed by atoms with Crippen molar-refractivity contribution in [1.29, 1.82) is 0 Å². The summed E-state index contributed by atoms with van der Waals surface area (Å²) in [5.74, 6) is 1.01. The third-order valence-electron chi connectivity index (χ3n) is 5.16. The van der Waals surface area contributed by atoms with Crippen LogP contribution in [0.1, 0.15) is 37.7 Å². The van der Waals surface area contributed by atoms with Gasteiger partial charge in [-0.05, 0) is 37.7 Å². The van der Waals surface area contributed by atoms with Crippen LogP contribution in [0, 0.1) is 0 Å². The minimum absolute atomic E-state index is 0. The predicted molar refractivity (Wildman–Crippen MR) is 126 cm³/mol.